The number of hydrogen-bond acceptors (Lipinski definition) is 0. The van der Waals surface area contributed by atoms with Crippen LogP contribution in [0.5, 0.6) is 0 Å². The molecule has 0 fully saturated rings. The third kappa shape index (κ3) is 0.839. The molecule has 0 nitrogen and oxygen atoms in total. The molecule has 0 atom stereocenters. The molecule has 6 heavy (non-hydrogen) atoms. The predicted molar refractivity (Wildman–Crippen MR) is 22.0 cm³/mol. The normalized spacial score (nSPS) is 20.3. The van der Waals surface area contributed by atoms with E-state index in [0.29, 0.717) is 4.14 Å². The van der Waals surface area contributed by atoms with Crippen LogP contribution in [0.2, 0.25) is 4.14 Å². The molecule has 36 valence electrons. The Morgan fingerprint density at radius 3 is 1.83 bits per heavy atom. The third-order valence-corrected chi connectivity index (χ3v) is 1.51. The van der Waals surface area contributed by atoms with Crippen LogP contribution >= 0.6 is 0 Å². The Bertz CT molecular complexity index is 80.1. The molecule has 0 amide bonds. The summed E-state index contributed by atoms with van der Waals surface area (Å²) in [6.07, 6.45) is 8.40. The fraction of sp³-hybridized carbons (Fsp3) is 0.200. The van der Waals surface area contributed by atoms with Crippen molar-refractivity contribution >= 4 is 0 Å². The second kappa shape index (κ2) is 1.78. The molecule has 0 saturated heterocycles. The summed E-state index contributed by atoms with van der Waals surface area (Å²) in [6, 6.07) is 0. The van der Waals surface area contributed by atoms with Crippen LogP contribution < -0.4 is 0 Å². The van der Waals surface area contributed by atoms with Crippen molar-refractivity contribution in [2.45, 2.75) is 4.14 Å². The van der Waals surface area contributed by atoms with Gasteiger partial charge in [-0.25, -0.2) is 0 Å². The standard InChI is InChI=1S/C5H5.Au/c1-2-4-5-3-1;/h1-5H;. The molecule has 0 unspecified atom stereocenters. The summed E-state index contributed by atoms with van der Waals surface area (Å²) in [6.45, 7) is 0. The molecule has 0 saturated carbocycles. The number of allylic oxidation sites excluding steroid dienone is 4. The number of rotatable bonds is 0. The second-order valence-electron chi connectivity index (χ2n) is 1.16. The topological polar surface area (TPSA) is 0 Å². The molecule has 1 rings (SSSR count). The molecule has 1 aliphatic rings. The summed E-state index contributed by atoms with van der Waals surface area (Å²) in [4.78, 5) is 0. The van der Waals surface area contributed by atoms with Gasteiger partial charge in [0.1, 0.15) is 0 Å². The van der Waals surface area contributed by atoms with Gasteiger partial charge in [0.05, 0.1) is 0 Å². The van der Waals surface area contributed by atoms with Crippen LogP contribution in [0.15, 0.2) is 24.3 Å². The van der Waals surface area contributed by atoms with Crippen LogP contribution in [-0.2, 0) is 21.1 Å². The second-order valence-corrected chi connectivity index (χ2v) is 2.61. The molecule has 0 spiro atoms. The van der Waals surface area contributed by atoms with Gasteiger partial charge in [-0.05, 0) is 0 Å². The van der Waals surface area contributed by atoms with E-state index in [9.17, 15) is 0 Å². The molecule has 1 heteroatoms. The molecule has 0 aromatic carbocycles. The van der Waals surface area contributed by atoms with Crippen LogP contribution in [0, 0.1) is 0 Å². The van der Waals surface area contributed by atoms with Crippen LogP contribution in [0.3, 0.4) is 0 Å². The van der Waals surface area contributed by atoms with Crippen molar-refractivity contribution in [3.05, 3.63) is 24.3 Å². The van der Waals surface area contributed by atoms with Gasteiger partial charge >= 0.3 is 49.5 Å². The maximum absolute atomic E-state index is 2.52. The van der Waals surface area contributed by atoms with Gasteiger partial charge in [-0.1, -0.05) is 0 Å². The van der Waals surface area contributed by atoms with E-state index in [-0.39, 0.29) is 0 Å². The summed E-state index contributed by atoms with van der Waals surface area (Å²) in [5.74, 6) is 0. The third-order valence-electron chi connectivity index (χ3n) is 0.672. The van der Waals surface area contributed by atoms with Crippen molar-refractivity contribution in [2.75, 3.05) is 0 Å². The minimum atomic E-state index is 0.630. The molecule has 1 aliphatic carbocycles. The molecular formula is C5H5Au. The summed E-state index contributed by atoms with van der Waals surface area (Å²) < 4.78 is 0.630. The average Bonchev–Trinajstić information content (AvgIpc) is 1.86. The SMILES string of the molecule is [Au][CH]1C=CC=C1. The van der Waals surface area contributed by atoms with Crippen molar-refractivity contribution in [1.29, 1.82) is 0 Å². The fourth-order valence-electron chi connectivity index (χ4n) is 0.388. The average molecular weight is 262 g/mol. The van der Waals surface area contributed by atoms with E-state index >= 15 is 0 Å². The monoisotopic (exact) mass is 262 g/mol. The van der Waals surface area contributed by atoms with Gasteiger partial charge in [-0.2, -0.15) is 0 Å². The maximum atomic E-state index is 2.52. The van der Waals surface area contributed by atoms with Crippen molar-refractivity contribution in [1.82, 2.24) is 0 Å². The van der Waals surface area contributed by atoms with Crippen LogP contribution in [0.1, 0.15) is 0 Å². The Labute approximate surface area is 49.8 Å². The first kappa shape index (κ1) is 4.38. The van der Waals surface area contributed by atoms with E-state index in [2.05, 4.69) is 45.4 Å². The Morgan fingerprint density at radius 2 is 1.67 bits per heavy atom. The zero-order valence-electron chi connectivity index (χ0n) is 3.19. The van der Waals surface area contributed by atoms with Gasteiger partial charge in [0.25, 0.3) is 0 Å². The summed E-state index contributed by atoms with van der Waals surface area (Å²) >= 11 is 2.52. The van der Waals surface area contributed by atoms with Gasteiger partial charge in [0, 0.05) is 0 Å². The first-order valence-corrected chi connectivity index (χ1v) is 3.09. The molecule has 0 aromatic heterocycles. The van der Waals surface area contributed by atoms with Gasteiger partial charge in [0.2, 0.25) is 0 Å². The zero-order chi connectivity index (χ0) is 4.41. The minimum absolute atomic E-state index is 0.630. The van der Waals surface area contributed by atoms with E-state index < -0.39 is 0 Å². The van der Waals surface area contributed by atoms with Crippen LogP contribution in [0.25, 0.3) is 0 Å². The van der Waals surface area contributed by atoms with Crippen LogP contribution in [0.4, 0.5) is 0 Å². The molecular weight excluding hydrogens is 257 g/mol. The van der Waals surface area contributed by atoms with Crippen molar-refractivity contribution in [3.8, 4) is 0 Å². The van der Waals surface area contributed by atoms with Crippen molar-refractivity contribution in [2.24, 2.45) is 0 Å². The van der Waals surface area contributed by atoms with Gasteiger partial charge in [0.15, 0.2) is 0 Å². The summed E-state index contributed by atoms with van der Waals surface area (Å²) in [5, 5.41) is 0. The molecule has 0 bridgehead atoms. The molecule has 0 aliphatic heterocycles. The van der Waals surface area contributed by atoms with E-state index in [4.69, 9.17) is 0 Å². The van der Waals surface area contributed by atoms with E-state index in [1.807, 2.05) is 0 Å². The Hall–Kier alpha value is 0.220. The Morgan fingerprint density at radius 1 is 1.17 bits per heavy atom. The number of hydrogen-bond donors (Lipinski definition) is 0. The Kier molecular flexibility index (Phi) is 1.30. The molecule has 0 aromatic rings. The quantitative estimate of drug-likeness (QED) is 0.579. The molecule has 0 radical (unpaired) electrons. The summed E-state index contributed by atoms with van der Waals surface area (Å²) in [7, 11) is 0. The fourth-order valence-corrected chi connectivity index (χ4v) is 0.869. The molecule has 0 N–H and O–H groups in total. The van der Waals surface area contributed by atoms with E-state index in [0.717, 1.165) is 0 Å². The predicted octanol–water partition coefficient (Wildman–Crippen LogP) is 1.45. The van der Waals surface area contributed by atoms with Gasteiger partial charge < -0.3 is 0 Å². The zero-order valence-corrected chi connectivity index (χ0v) is 5.35. The molecule has 0 heterocycles. The first-order chi connectivity index (χ1) is 2.89. The van der Waals surface area contributed by atoms with Crippen LogP contribution in [-0.4, -0.2) is 0 Å². The Balaban J connectivity index is 2.60. The van der Waals surface area contributed by atoms with Crippen molar-refractivity contribution in [3.63, 3.8) is 0 Å². The van der Waals surface area contributed by atoms with Gasteiger partial charge in [-0.15, -0.1) is 0 Å². The van der Waals surface area contributed by atoms with E-state index in [1.54, 1.807) is 0 Å². The van der Waals surface area contributed by atoms with E-state index in [1.165, 1.54) is 0 Å². The summed E-state index contributed by atoms with van der Waals surface area (Å²) in [5.41, 5.74) is 0. The van der Waals surface area contributed by atoms with Crippen molar-refractivity contribution < 1.29 is 21.1 Å². The van der Waals surface area contributed by atoms with Gasteiger partial charge in [-0.3, -0.25) is 0 Å². The first-order valence-electron chi connectivity index (χ1n) is 1.84.